The first-order valence-electron chi connectivity index (χ1n) is 12.0. The van der Waals surface area contributed by atoms with E-state index in [0.29, 0.717) is 25.0 Å². The van der Waals surface area contributed by atoms with E-state index in [-0.39, 0.29) is 43.4 Å². The summed E-state index contributed by atoms with van der Waals surface area (Å²) in [6, 6.07) is -0.679. The normalized spacial score (nSPS) is 19.6. The Bertz CT molecular complexity index is 785. The number of amides is 2. The van der Waals surface area contributed by atoms with Crippen LogP contribution in [0.25, 0.3) is 0 Å². The molecule has 1 rings (SSSR count). The van der Waals surface area contributed by atoms with Gasteiger partial charge in [-0.15, -0.1) is 0 Å². The number of hydrogen-bond donors (Lipinski definition) is 3. The van der Waals surface area contributed by atoms with Crippen molar-refractivity contribution < 1.29 is 42.8 Å². The number of thioether (sulfide) groups is 1. The van der Waals surface area contributed by atoms with Gasteiger partial charge in [-0.05, 0) is 47.5 Å². The van der Waals surface area contributed by atoms with Gasteiger partial charge in [-0.3, -0.25) is 24.5 Å². The molecule has 1 heterocycles. The lowest BCUT2D eigenvalue weighted by molar-refractivity contribution is -0.149. The van der Waals surface area contributed by atoms with E-state index in [0.717, 1.165) is 11.8 Å². The Morgan fingerprint density at radius 2 is 1.95 bits per heavy atom. The van der Waals surface area contributed by atoms with Gasteiger partial charge in [0.1, 0.15) is 12.3 Å². The average molecular weight is 566 g/mol. The maximum Gasteiger partial charge on any atom is 0.323 e. The standard InChI is InChI=1S/C23H40N3O9PS/c1-16(2)34-21(30)17(3)25-36(32-11-12-37-22(31)23(4,5)14-27)33-13-18-7-8-20(35-18)26(6)10-9-19(29)24-15-28/h9-10,15-18,20,25,27H,7-8,11-14H2,1-6H3,(H,24,28,29)/b10-9-. The van der Waals surface area contributed by atoms with E-state index in [1.54, 1.807) is 46.6 Å². The molecule has 0 spiro atoms. The van der Waals surface area contributed by atoms with Crippen LogP contribution in [0.15, 0.2) is 12.3 Å². The number of hydrogen-bond acceptors (Lipinski definition) is 12. The molecule has 0 bridgehead atoms. The molecule has 14 heteroatoms. The second-order valence-electron chi connectivity index (χ2n) is 9.30. The molecule has 0 radical (unpaired) electrons. The Morgan fingerprint density at radius 3 is 2.57 bits per heavy atom. The minimum Gasteiger partial charge on any atom is -0.462 e. The second kappa shape index (κ2) is 17.1. The van der Waals surface area contributed by atoms with Crippen LogP contribution < -0.4 is 10.4 Å². The predicted octanol–water partition coefficient (Wildman–Crippen LogP) is 1.68. The third-order valence-electron chi connectivity index (χ3n) is 5.06. The summed E-state index contributed by atoms with van der Waals surface area (Å²) in [5, 5.41) is 14.2. The van der Waals surface area contributed by atoms with Crippen molar-refractivity contribution in [3.8, 4) is 0 Å². The third-order valence-corrected chi connectivity index (χ3v) is 7.64. The molecule has 0 saturated carbocycles. The van der Waals surface area contributed by atoms with Crippen molar-refractivity contribution in [2.45, 2.75) is 71.9 Å². The number of aliphatic hydroxyl groups excluding tert-OH is 1. The van der Waals surface area contributed by atoms with Gasteiger partial charge >= 0.3 is 5.97 Å². The minimum atomic E-state index is -1.70. The summed E-state index contributed by atoms with van der Waals surface area (Å²) in [6.45, 7) is 8.66. The molecule has 0 aliphatic carbocycles. The van der Waals surface area contributed by atoms with Crippen LogP contribution in [-0.4, -0.2) is 90.5 Å². The fourth-order valence-electron chi connectivity index (χ4n) is 2.82. The van der Waals surface area contributed by atoms with Gasteiger partial charge in [0.15, 0.2) is 5.12 Å². The highest BCUT2D eigenvalue weighted by molar-refractivity contribution is 8.13. The molecular formula is C23H40N3O9PS. The van der Waals surface area contributed by atoms with Gasteiger partial charge < -0.3 is 28.5 Å². The van der Waals surface area contributed by atoms with Crippen LogP contribution in [0.1, 0.15) is 47.5 Å². The number of imide groups is 1. The zero-order valence-corrected chi connectivity index (χ0v) is 24.0. The van der Waals surface area contributed by atoms with Crippen molar-refractivity contribution in [3.05, 3.63) is 12.3 Å². The van der Waals surface area contributed by atoms with Gasteiger partial charge in [0.2, 0.25) is 6.41 Å². The van der Waals surface area contributed by atoms with Crippen LogP contribution in [0.2, 0.25) is 0 Å². The quantitative estimate of drug-likeness (QED) is 0.0773. The van der Waals surface area contributed by atoms with Gasteiger partial charge in [0.25, 0.3) is 14.4 Å². The minimum absolute atomic E-state index is 0.141. The summed E-state index contributed by atoms with van der Waals surface area (Å²) in [4.78, 5) is 47.9. The second-order valence-corrected chi connectivity index (χ2v) is 11.7. The lowest BCUT2D eigenvalue weighted by Crippen LogP contribution is -2.35. The van der Waals surface area contributed by atoms with Gasteiger partial charge in [-0.1, -0.05) is 11.8 Å². The van der Waals surface area contributed by atoms with Crippen LogP contribution in [0.4, 0.5) is 0 Å². The van der Waals surface area contributed by atoms with E-state index in [1.165, 1.54) is 12.3 Å². The molecule has 12 nitrogen and oxygen atoms in total. The van der Waals surface area contributed by atoms with Crippen molar-refractivity contribution in [3.63, 3.8) is 0 Å². The van der Waals surface area contributed by atoms with Crippen molar-refractivity contribution in [1.29, 1.82) is 0 Å². The van der Waals surface area contributed by atoms with Crippen LogP contribution >= 0.6 is 20.3 Å². The molecular weight excluding hydrogens is 525 g/mol. The van der Waals surface area contributed by atoms with E-state index in [1.807, 2.05) is 5.32 Å². The SMILES string of the molecule is CC(C)OC(=O)C(C)NP(OCCSC(=O)C(C)(C)CO)OCC1CCC(N(C)/C=C\C(=O)NC=O)O1. The summed E-state index contributed by atoms with van der Waals surface area (Å²) in [6.07, 6.45) is 3.72. The Labute approximate surface area is 224 Å². The number of ether oxygens (including phenoxy) is 2. The molecule has 1 aliphatic rings. The molecule has 4 atom stereocenters. The van der Waals surface area contributed by atoms with Crippen molar-refractivity contribution in [1.82, 2.24) is 15.3 Å². The molecule has 0 aromatic heterocycles. The Kier molecular flexibility index (Phi) is 15.4. The molecule has 1 aliphatic heterocycles. The summed E-state index contributed by atoms with van der Waals surface area (Å²) >= 11 is 1.07. The highest BCUT2D eigenvalue weighted by atomic mass is 32.2. The summed E-state index contributed by atoms with van der Waals surface area (Å²) in [5.41, 5.74) is -0.837. The molecule has 0 aromatic carbocycles. The summed E-state index contributed by atoms with van der Waals surface area (Å²) in [5.74, 6) is -0.611. The van der Waals surface area contributed by atoms with Gasteiger partial charge in [0.05, 0.1) is 37.4 Å². The predicted molar refractivity (Wildman–Crippen MR) is 140 cm³/mol. The molecule has 1 saturated heterocycles. The number of nitrogens with zero attached hydrogens (tertiary/aromatic N) is 1. The first-order valence-corrected chi connectivity index (χ1v) is 14.2. The van der Waals surface area contributed by atoms with E-state index >= 15 is 0 Å². The Morgan fingerprint density at radius 1 is 1.24 bits per heavy atom. The molecule has 212 valence electrons. The number of carbonyl (C=O) groups is 4. The number of aliphatic hydroxyl groups is 1. The van der Waals surface area contributed by atoms with Crippen LogP contribution in [0.3, 0.4) is 0 Å². The maximum atomic E-state index is 12.2. The number of rotatable bonds is 17. The Balaban J connectivity index is 2.62. The lowest BCUT2D eigenvalue weighted by Gasteiger charge is -2.25. The van der Waals surface area contributed by atoms with Gasteiger partial charge in [-0.2, -0.15) is 0 Å². The Hall–Kier alpha value is -1.60. The number of carbonyl (C=O) groups excluding carboxylic acids is 4. The molecule has 0 aromatic rings. The van der Waals surface area contributed by atoms with Crippen molar-refractivity contribution in [2.24, 2.45) is 5.41 Å². The lowest BCUT2D eigenvalue weighted by atomic mass is 9.97. The fraction of sp³-hybridized carbons (Fsp3) is 0.739. The number of esters is 1. The molecule has 4 unspecified atom stereocenters. The van der Waals surface area contributed by atoms with Crippen molar-refractivity contribution >= 4 is 43.7 Å². The highest BCUT2D eigenvalue weighted by Crippen LogP contribution is 2.36. The molecule has 1 fully saturated rings. The monoisotopic (exact) mass is 565 g/mol. The van der Waals surface area contributed by atoms with Crippen molar-refractivity contribution in [2.75, 3.05) is 32.6 Å². The highest BCUT2D eigenvalue weighted by Gasteiger charge is 2.30. The first kappa shape index (κ1) is 33.4. The van der Waals surface area contributed by atoms with Gasteiger partial charge in [-0.25, -0.2) is 5.09 Å². The molecule has 3 N–H and O–H groups in total. The van der Waals surface area contributed by atoms with Gasteiger partial charge in [0, 0.05) is 25.1 Å². The summed E-state index contributed by atoms with van der Waals surface area (Å²) in [7, 11) is 0.0552. The first-order chi connectivity index (χ1) is 17.4. The largest absolute Gasteiger partial charge is 0.462 e. The van der Waals surface area contributed by atoms with E-state index in [4.69, 9.17) is 18.5 Å². The maximum absolute atomic E-state index is 12.2. The molecule has 37 heavy (non-hydrogen) atoms. The summed E-state index contributed by atoms with van der Waals surface area (Å²) < 4.78 is 23.0. The zero-order valence-electron chi connectivity index (χ0n) is 22.3. The zero-order chi connectivity index (χ0) is 28.0. The van der Waals surface area contributed by atoms with E-state index < -0.39 is 31.9 Å². The number of nitrogens with one attached hydrogen (secondary N) is 2. The average Bonchev–Trinajstić information content (AvgIpc) is 3.32. The topological polar surface area (TPSA) is 153 Å². The fourth-order valence-corrected chi connectivity index (χ4v) is 4.95. The smallest absolute Gasteiger partial charge is 0.323 e. The van der Waals surface area contributed by atoms with E-state index in [9.17, 15) is 24.3 Å². The van der Waals surface area contributed by atoms with Crippen LogP contribution in [0, 0.1) is 5.41 Å². The molecule has 2 amide bonds. The van der Waals surface area contributed by atoms with E-state index in [2.05, 4.69) is 5.09 Å². The van der Waals surface area contributed by atoms with Crippen LogP contribution in [-0.2, 0) is 37.7 Å². The third kappa shape index (κ3) is 13.2. The van der Waals surface area contributed by atoms with Crippen LogP contribution in [0.5, 0.6) is 0 Å².